The molecule has 2 rings (SSSR count). The first-order chi connectivity index (χ1) is 10.1. The molecule has 0 heterocycles. The van der Waals surface area contributed by atoms with Crippen LogP contribution in [0.4, 0.5) is 5.69 Å². The molecule has 0 aliphatic carbocycles. The van der Waals surface area contributed by atoms with Gasteiger partial charge in [-0.1, -0.05) is 18.2 Å². The molecule has 108 valence electrons. The van der Waals surface area contributed by atoms with Gasteiger partial charge in [0.05, 0.1) is 19.1 Å². The molecule has 0 radical (unpaired) electrons. The minimum Gasteiger partial charge on any atom is -0.508 e. The van der Waals surface area contributed by atoms with Gasteiger partial charge in [-0.25, -0.2) is 4.79 Å². The van der Waals surface area contributed by atoms with Gasteiger partial charge in [0.2, 0.25) is 5.91 Å². The van der Waals surface area contributed by atoms with Crippen LogP contribution in [0.3, 0.4) is 0 Å². The minimum absolute atomic E-state index is 0.119. The number of ether oxygens (including phenoxy) is 1. The van der Waals surface area contributed by atoms with Gasteiger partial charge in [-0.3, -0.25) is 4.79 Å². The van der Waals surface area contributed by atoms with Gasteiger partial charge in [-0.05, 0) is 35.9 Å². The number of amides is 1. The Bertz CT molecular complexity index is 667. The smallest absolute Gasteiger partial charge is 0.337 e. The Labute approximate surface area is 122 Å². The number of esters is 1. The number of phenolic OH excluding ortho intramolecular Hbond substituents is 1. The van der Waals surface area contributed by atoms with E-state index in [2.05, 4.69) is 10.1 Å². The third-order valence-electron chi connectivity index (χ3n) is 2.84. The van der Waals surface area contributed by atoms with Crippen LogP contribution in [-0.2, 0) is 16.0 Å². The van der Waals surface area contributed by atoms with Crippen LogP contribution in [0, 0.1) is 0 Å². The second-order valence-electron chi connectivity index (χ2n) is 4.47. The van der Waals surface area contributed by atoms with Crippen molar-refractivity contribution >= 4 is 17.6 Å². The lowest BCUT2D eigenvalue weighted by Crippen LogP contribution is -2.14. The molecule has 0 aliphatic heterocycles. The quantitative estimate of drug-likeness (QED) is 0.846. The van der Waals surface area contributed by atoms with Crippen LogP contribution < -0.4 is 5.32 Å². The van der Waals surface area contributed by atoms with Crippen LogP contribution in [0.5, 0.6) is 5.75 Å². The summed E-state index contributed by atoms with van der Waals surface area (Å²) in [6.07, 6.45) is 0.136. The average Bonchev–Trinajstić information content (AvgIpc) is 2.46. The van der Waals surface area contributed by atoms with Crippen LogP contribution in [0.15, 0.2) is 48.5 Å². The Morgan fingerprint density at radius 1 is 1.14 bits per heavy atom. The van der Waals surface area contributed by atoms with E-state index < -0.39 is 5.97 Å². The summed E-state index contributed by atoms with van der Waals surface area (Å²) < 4.78 is 4.63. The lowest BCUT2D eigenvalue weighted by molar-refractivity contribution is -0.115. The fraction of sp³-hybridized carbons (Fsp3) is 0.125. The first kappa shape index (κ1) is 14.6. The van der Waals surface area contributed by atoms with E-state index in [4.69, 9.17) is 0 Å². The standard InChI is InChI=1S/C16H15NO4/c1-21-16(20)12-5-3-6-13(10-12)17-15(19)9-11-4-2-7-14(18)8-11/h2-8,10,18H,9H2,1H3,(H,17,19). The van der Waals surface area contributed by atoms with Crippen molar-refractivity contribution in [3.63, 3.8) is 0 Å². The maximum absolute atomic E-state index is 11.9. The van der Waals surface area contributed by atoms with E-state index >= 15 is 0 Å². The van der Waals surface area contributed by atoms with Gasteiger partial charge >= 0.3 is 5.97 Å². The second-order valence-corrected chi connectivity index (χ2v) is 4.47. The Balaban J connectivity index is 2.04. The Hall–Kier alpha value is -2.82. The summed E-state index contributed by atoms with van der Waals surface area (Å²) in [7, 11) is 1.30. The summed E-state index contributed by atoms with van der Waals surface area (Å²) in [5, 5.41) is 12.1. The van der Waals surface area contributed by atoms with Crippen molar-refractivity contribution in [1.82, 2.24) is 0 Å². The highest BCUT2D eigenvalue weighted by molar-refractivity contribution is 5.95. The maximum Gasteiger partial charge on any atom is 0.337 e. The van der Waals surface area contributed by atoms with E-state index in [1.807, 2.05) is 0 Å². The van der Waals surface area contributed by atoms with E-state index in [-0.39, 0.29) is 18.1 Å². The van der Waals surface area contributed by atoms with Crippen LogP contribution in [0.2, 0.25) is 0 Å². The lowest BCUT2D eigenvalue weighted by atomic mass is 10.1. The molecular weight excluding hydrogens is 270 g/mol. The molecule has 2 aromatic carbocycles. The molecule has 0 atom stereocenters. The maximum atomic E-state index is 11.9. The first-order valence-electron chi connectivity index (χ1n) is 6.34. The van der Waals surface area contributed by atoms with Crippen molar-refractivity contribution in [1.29, 1.82) is 0 Å². The van der Waals surface area contributed by atoms with Crippen LogP contribution >= 0.6 is 0 Å². The number of benzene rings is 2. The average molecular weight is 285 g/mol. The number of hydrogen-bond donors (Lipinski definition) is 2. The molecule has 21 heavy (non-hydrogen) atoms. The zero-order valence-electron chi connectivity index (χ0n) is 11.5. The van der Waals surface area contributed by atoms with Crippen molar-refractivity contribution in [2.75, 3.05) is 12.4 Å². The molecule has 0 aromatic heterocycles. The molecule has 0 saturated heterocycles. The third kappa shape index (κ3) is 4.07. The van der Waals surface area contributed by atoms with E-state index in [0.29, 0.717) is 16.8 Å². The van der Waals surface area contributed by atoms with E-state index in [0.717, 1.165) is 0 Å². The molecule has 0 bridgehead atoms. The number of rotatable bonds is 4. The number of nitrogens with one attached hydrogen (secondary N) is 1. The van der Waals surface area contributed by atoms with E-state index in [1.54, 1.807) is 42.5 Å². The summed E-state index contributed by atoms with van der Waals surface area (Å²) >= 11 is 0. The highest BCUT2D eigenvalue weighted by Crippen LogP contribution is 2.14. The zero-order valence-corrected chi connectivity index (χ0v) is 11.5. The molecule has 0 spiro atoms. The van der Waals surface area contributed by atoms with Crippen molar-refractivity contribution < 1.29 is 19.4 Å². The predicted octanol–water partition coefficient (Wildman–Crippen LogP) is 2.36. The summed E-state index contributed by atoms with van der Waals surface area (Å²) in [5.41, 5.74) is 1.59. The van der Waals surface area contributed by atoms with Gasteiger partial charge in [-0.15, -0.1) is 0 Å². The molecule has 1 amide bonds. The molecule has 0 unspecified atom stereocenters. The van der Waals surface area contributed by atoms with Gasteiger partial charge in [0, 0.05) is 5.69 Å². The zero-order chi connectivity index (χ0) is 15.2. The topological polar surface area (TPSA) is 75.6 Å². The fourth-order valence-electron chi connectivity index (χ4n) is 1.90. The lowest BCUT2D eigenvalue weighted by Gasteiger charge is -2.07. The number of phenols is 1. The predicted molar refractivity (Wildman–Crippen MR) is 78.2 cm³/mol. The Kier molecular flexibility index (Phi) is 4.56. The van der Waals surface area contributed by atoms with E-state index in [9.17, 15) is 14.7 Å². The van der Waals surface area contributed by atoms with Gasteiger partial charge in [-0.2, -0.15) is 0 Å². The first-order valence-corrected chi connectivity index (χ1v) is 6.34. The monoisotopic (exact) mass is 285 g/mol. The molecule has 5 heteroatoms. The normalized spacial score (nSPS) is 9.95. The summed E-state index contributed by atoms with van der Waals surface area (Å²) in [6.45, 7) is 0. The van der Waals surface area contributed by atoms with E-state index in [1.165, 1.54) is 13.2 Å². The number of carbonyl (C=O) groups excluding carboxylic acids is 2. The third-order valence-corrected chi connectivity index (χ3v) is 2.84. The second kappa shape index (κ2) is 6.56. The van der Waals surface area contributed by atoms with Crippen molar-refractivity contribution in [3.8, 4) is 5.75 Å². The molecule has 0 saturated carbocycles. The largest absolute Gasteiger partial charge is 0.508 e. The number of hydrogen-bond acceptors (Lipinski definition) is 4. The molecule has 2 aromatic rings. The fourth-order valence-corrected chi connectivity index (χ4v) is 1.90. The number of methoxy groups -OCH3 is 1. The van der Waals surface area contributed by atoms with Gasteiger partial charge < -0.3 is 15.2 Å². The Morgan fingerprint density at radius 3 is 2.62 bits per heavy atom. The SMILES string of the molecule is COC(=O)c1cccc(NC(=O)Cc2cccc(O)c2)c1. The minimum atomic E-state index is -0.459. The number of aromatic hydroxyl groups is 1. The van der Waals surface area contributed by atoms with Crippen LogP contribution in [0.1, 0.15) is 15.9 Å². The van der Waals surface area contributed by atoms with Crippen LogP contribution in [-0.4, -0.2) is 24.1 Å². The number of anilines is 1. The van der Waals surface area contributed by atoms with Gasteiger partial charge in [0.15, 0.2) is 0 Å². The van der Waals surface area contributed by atoms with Crippen LogP contribution in [0.25, 0.3) is 0 Å². The van der Waals surface area contributed by atoms with Crippen molar-refractivity contribution in [2.24, 2.45) is 0 Å². The van der Waals surface area contributed by atoms with Crippen molar-refractivity contribution in [3.05, 3.63) is 59.7 Å². The summed E-state index contributed by atoms with van der Waals surface area (Å²) in [5.74, 6) is -0.574. The Morgan fingerprint density at radius 2 is 1.90 bits per heavy atom. The highest BCUT2D eigenvalue weighted by atomic mass is 16.5. The molecule has 2 N–H and O–H groups in total. The summed E-state index contributed by atoms with van der Waals surface area (Å²) in [6, 6.07) is 13.0. The molecular formula is C16H15NO4. The van der Waals surface area contributed by atoms with Crippen molar-refractivity contribution in [2.45, 2.75) is 6.42 Å². The molecule has 0 aliphatic rings. The summed E-state index contributed by atoms with van der Waals surface area (Å²) in [4.78, 5) is 23.4. The highest BCUT2D eigenvalue weighted by Gasteiger charge is 2.08. The molecule has 5 nitrogen and oxygen atoms in total. The molecule has 0 fully saturated rings. The van der Waals surface area contributed by atoms with Gasteiger partial charge in [0.1, 0.15) is 5.75 Å². The van der Waals surface area contributed by atoms with Gasteiger partial charge in [0.25, 0.3) is 0 Å². The number of carbonyl (C=O) groups is 2.